The molecular weight excluding hydrogens is 482 g/mol. The molecule has 4 heterocycles. The molecule has 3 N–H and O–H groups in total. The number of hydrogen-bond acceptors (Lipinski definition) is 7. The van der Waals surface area contributed by atoms with Gasteiger partial charge in [0.05, 0.1) is 28.6 Å². The number of hydrogen-bond donors (Lipinski definition) is 2. The first kappa shape index (κ1) is 27.2. The summed E-state index contributed by atoms with van der Waals surface area (Å²) in [7, 11) is 5.70. The van der Waals surface area contributed by atoms with Crippen LogP contribution in [0.2, 0.25) is 0 Å². The molecule has 1 saturated carbocycles. The molecule has 3 atom stereocenters. The van der Waals surface area contributed by atoms with Gasteiger partial charge in [0.1, 0.15) is 11.9 Å². The van der Waals surface area contributed by atoms with E-state index in [9.17, 15) is 14.4 Å². The molecule has 0 spiro atoms. The molecule has 10 nitrogen and oxygen atoms in total. The minimum Gasteiger partial charge on any atom is -0.384 e. The van der Waals surface area contributed by atoms with E-state index < -0.39 is 6.04 Å². The molecule has 2 saturated heterocycles. The van der Waals surface area contributed by atoms with Gasteiger partial charge in [-0.3, -0.25) is 24.0 Å². The molecule has 3 aliphatic rings. The molecule has 0 bridgehead atoms. The Labute approximate surface area is 223 Å². The monoisotopic (exact) mass is 521 g/mol. The molecule has 204 valence electrons. The molecular formula is C28H39N7O3. The number of nitrogens with two attached hydrogens (primary N) is 1. The lowest BCUT2D eigenvalue weighted by Gasteiger charge is -2.27. The smallest absolute Gasteiger partial charge is 0.329 e. The molecule has 2 aliphatic heterocycles. The first-order valence-electron chi connectivity index (χ1n) is 13.4. The second-order valence-corrected chi connectivity index (χ2v) is 10.2. The number of carbonyl (C=O) groups is 2. The van der Waals surface area contributed by atoms with Gasteiger partial charge in [-0.05, 0) is 55.4 Å². The van der Waals surface area contributed by atoms with Crippen LogP contribution in [0.5, 0.6) is 0 Å². The summed E-state index contributed by atoms with van der Waals surface area (Å²) in [6.45, 7) is 6.09. The number of amides is 2. The molecule has 3 fully saturated rings. The number of nitrogens with zero attached hydrogens (tertiary/aromatic N) is 5. The van der Waals surface area contributed by atoms with Crippen LogP contribution >= 0.6 is 0 Å². The van der Waals surface area contributed by atoms with Crippen molar-refractivity contribution in [2.75, 3.05) is 42.7 Å². The molecule has 10 heteroatoms. The number of imide groups is 1. The standard InChI is InChI=1S/C19H22N4O3.C7H11N3.C2H6/c1-21-17-13(22-9-11-5-6-12(11)10-22)3-2-4-14(17)23(19(21)26)15-7-8-16(24)20-18(15)25;1-10(2)6-3-4-7(8)9-5-6;1-2/h2-4,11-12,15H,5-10H2,1H3,(H,20,24,25);3-5H,1-2H3,(H2,8,9);1-2H3. The average Bonchev–Trinajstić information content (AvgIpc) is 3.33. The van der Waals surface area contributed by atoms with Gasteiger partial charge in [-0.25, -0.2) is 9.78 Å². The van der Waals surface area contributed by atoms with Crippen LogP contribution < -0.4 is 26.5 Å². The summed E-state index contributed by atoms with van der Waals surface area (Å²) in [6.07, 6.45) is 4.96. The third-order valence-corrected chi connectivity index (χ3v) is 7.72. The molecule has 0 radical (unpaired) electrons. The highest BCUT2D eigenvalue weighted by Gasteiger charge is 2.40. The number of rotatable bonds is 3. The Morgan fingerprint density at radius 2 is 1.68 bits per heavy atom. The maximum atomic E-state index is 13.0. The van der Waals surface area contributed by atoms with Crippen LogP contribution in [0.1, 0.15) is 45.6 Å². The first-order valence-corrected chi connectivity index (χ1v) is 13.4. The molecule has 38 heavy (non-hydrogen) atoms. The lowest BCUT2D eigenvalue weighted by molar-refractivity contribution is -0.135. The zero-order valence-corrected chi connectivity index (χ0v) is 23.0. The predicted octanol–water partition coefficient (Wildman–Crippen LogP) is 2.92. The second kappa shape index (κ2) is 11.3. The Balaban J connectivity index is 0.000000237. The maximum Gasteiger partial charge on any atom is 0.329 e. The average molecular weight is 522 g/mol. The van der Waals surface area contributed by atoms with Gasteiger partial charge in [-0.1, -0.05) is 19.9 Å². The van der Waals surface area contributed by atoms with E-state index in [4.69, 9.17) is 5.73 Å². The van der Waals surface area contributed by atoms with Crippen LogP contribution in [0.15, 0.2) is 41.3 Å². The summed E-state index contributed by atoms with van der Waals surface area (Å²) >= 11 is 0. The van der Waals surface area contributed by atoms with Crippen LogP contribution in [0.4, 0.5) is 17.2 Å². The number of nitrogen functional groups attached to an aromatic ring is 1. The van der Waals surface area contributed by atoms with Gasteiger partial charge in [0.2, 0.25) is 11.8 Å². The first-order chi connectivity index (χ1) is 18.2. The normalized spacial score (nSPS) is 21.9. The molecule has 1 aliphatic carbocycles. The zero-order valence-electron chi connectivity index (χ0n) is 23.0. The summed E-state index contributed by atoms with van der Waals surface area (Å²) < 4.78 is 3.21. The highest BCUT2D eigenvalue weighted by atomic mass is 16.2. The lowest BCUT2D eigenvalue weighted by atomic mass is 9.77. The van der Waals surface area contributed by atoms with Crippen LogP contribution in [-0.2, 0) is 16.6 Å². The fourth-order valence-corrected chi connectivity index (χ4v) is 5.52. The number of para-hydroxylation sites is 1. The van der Waals surface area contributed by atoms with Crippen molar-refractivity contribution in [3.05, 3.63) is 47.0 Å². The van der Waals surface area contributed by atoms with E-state index in [2.05, 4.69) is 21.3 Å². The predicted molar refractivity (Wildman–Crippen MR) is 151 cm³/mol. The summed E-state index contributed by atoms with van der Waals surface area (Å²) in [6, 6.07) is 9.02. The van der Waals surface area contributed by atoms with Crippen molar-refractivity contribution < 1.29 is 9.59 Å². The Morgan fingerprint density at radius 1 is 1.00 bits per heavy atom. The van der Waals surface area contributed by atoms with Crippen molar-refractivity contribution in [3.63, 3.8) is 0 Å². The molecule has 2 aromatic heterocycles. The van der Waals surface area contributed by atoms with Gasteiger partial charge in [-0.15, -0.1) is 0 Å². The number of piperidine rings is 1. The van der Waals surface area contributed by atoms with Crippen LogP contribution in [0.25, 0.3) is 11.0 Å². The van der Waals surface area contributed by atoms with E-state index in [0.717, 1.165) is 47.3 Å². The number of nitrogens with one attached hydrogen (secondary N) is 1. The summed E-state index contributed by atoms with van der Waals surface area (Å²) in [4.78, 5) is 45.1. The fraction of sp³-hybridized carbons (Fsp3) is 0.500. The number of fused-ring (bicyclic) bond motifs is 2. The largest absolute Gasteiger partial charge is 0.384 e. The Kier molecular flexibility index (Phi) is 8.08. The van der Waals surface area contributed by atoms with Gasteiger partial charge >= 0.3 is 5.69 Å². The van der Waals surface area contributed by atoms with E-state index in [1.165, 1.54) is 12.8 Å². The van der Waals surface area contributed by atoms with Gasteiger partial charge < -0.3 is 15.5 Å². The summed E-state index contributed by atoms with van der Waals surface area (Å²) in [5.74, 6) is 1.46. The van der Waals surface area contributed by atoms with Crippen molar-refractivity contribution in [1.82, 2.24) is 19.4 Å². The van der Waals surface area contributed by atoms with E-state index >= 15 is 0 Å². The number of benzene rings is 1. The lowest BCUT2D eigenvalue weighted by Crippen LogP contribution is -2.44. The van der Waals surface area contributed by atoms with Crippen molar-refractivity contribution >= 4 is 40.0 Å². The minimum atomic E-state index is -0.631. The minimum absolute atomic E-state index is 0.205. The van der Waals surface area contributed by atoms with E-state index in [-0.39, 0.29) is 23.9 Å². The topological polar surface area (TPSA) is 118 Å². The number of pyridine rings is 1. The van der Waals surface area contributed by atoms with Crippen molar-refractivity contribution in [1.29, 1.82) is 0 Å². The van der Waals surface area contributed by atoms with Crippen LogP contribution in [0, 0.1) is 11.8 Å². The Bertz CT molecular complexity index is 1350. The quantitative estimate of drug-likeness (QED) is 0.509. The van der Waals surface area contributed by atoms with Gasteiger partial charge in [0.15, 0.2) is 0 Å². The number of imidazole rings is 1. The second-order valence-electron chi connectivity index (χ2n) is 10.2. The summed E-state index contributed by atoms with van der Waals surface area (Å²) in [5.41, 5.74) is 8.97. The molecule has 6 rings (SSSR count). The van der Waals surface area contributed by atoms with Crippen LogP contribution in [0.3, 0.4) is 0 Å². The molecule has 3 unspecified atom stereocenters. The third-order valence-electron chi connectivity index (χ3n) is 7.72. The van der Waals surface area contributed by atoms with E-state index in [1.54, 1.807) is 28.4 Å². The Hall–Kier alpha value is -3.82. The zero-order chi connectivity index (χ0) is 27.6. The van der Waals surface area contributed by atoms with Gasteiger partial charge in [-0.2, -0.15) is 0 Å². The number of aromatic nitrogens is 3. The molecule has 1 aromatic carbocycles. The van der Waals surface area contributed by atoms with Crippen molar-refractivity contribution in [2.24, 2.45) is 18.9 Å². The highest BCUT2D eigenvalue weighted by molar-refractivity contribution is 6.00. The van der Waals surface area contributed by atoms with Crippen molar-refractivity contribution in [2.45, 2.75) is 45.6 Å². The van der Waals surface area contributed by atoms with Crippen LogP contribution in [-0.4, -0.2) is 53.1 Å². The van der Waals surface area contributed by atoms with E-state index in [1.807, 2.05) is 51.0 Å². The Morgan fingerprint density at radius 3 is 2.24 bits per heavy atom. The molecule has 2 amide bonds. The molecule has 3 aromatic rings. The number of carbonyl (C=O) groups excluding carboxylic acids is 2. The number of anilines is 3. The maximum absolute atomic E-state index is 13.0. The third kappa shape index (κ3) is 5.12. The van der Waals surface area contributed by atoms with Crippen molar-refractivity contribution in [3.8, 4) is 0 Å². The summed E-state index contributed by atoms with van der Waals surface area (Å²) in [5, 5.41) is 2.36. The number of aryl methyl sites for hydroxylation is 1. The highest BCUT2D eigenvalue weighted by Crippen LogP contribution is 2.43. The van der Waals surface area contributed by atoms with Gasteiger partial charge in [0, 0.05) is 40.7 Å². The fourth-order valence-electron chi connectivity index (χ4n) is 5.52. The van der Waals surface area contributed by atoms with Gasteiger partial charge in [0.25, 0.3) is 0 Å². The van der Waals surface area contributed by atoms with E-state index in [0.29, 0.717) is 12.2 Å². The SMILES string of the molecule is CC.CN(C)c1ccc(N)nc1.Cn1c(=O)n(C2CCC(=O)NC2=O)c2cccc(N3CC4CCC4C3)c21.